The third-order valence-corrected chi connectivity index (χ3v) is 3.37. The molecular weight excluding hydrogens is 240 g/mol. The summed E-state index contributed by atoms with van der Waals surface area (Å²) in [6.45, 7) is 3.80. The Morgan fingerprint density at radius 2 is 2.00 bits per heavy atom. The zero-order valence-corrected chi connectivity index (χ0v) is 11.7. The quantitative estimate of drug-likeness (QED) is 0.731. The fraction of sp³-hybridized carbons (Fsp3) is 0.818. The maximum absolute atomic E-state index is 11.8. The number of nitrogens with zero attached hydrogens (tertiary/aromatic N) is 1. The zero-order chi connectivity index (χ0) is 13.4. The molecule has 0 aromatic heterocycles. The van der Waals surface area contributed by atoms with Gasteiger partial charge >= 0.3 is 12.0 Å². The van der Waals surface area contributed by atoms with Gasteiger partial charge in [0.15, 0.2) is 0 Å². The van der Waals surface area contributed by atoms with E-state index in [-0.39, 0.29) is 24.5 Å². The van der Waals surface area contributed by atoms with Crippen LogP contribution < -0.4 is 5.32 Å². The van der Waals surface area contributed by atoms with Crippen LogP contribution in [0.4, 0.5) is 4.79 Å². The molecule has 0 aliphatic heterocycles. The van der Waals surface area contributed by atoms with Crippen LogP contribution in [-0.2, 0) is 4.79 Å². The highest BCUT2D eigenvalue weighted by molar-refractivity contribution is 7.98. The molecule has 0 radical (unpaired) electrons. The van der Waals surface area contributed by atoms with Gasteiger partial charge in [-0.25, -0.2) is 4.79 Å². The monoisotopic (exact) mass is 262 g/mol. The van der Waals surface area contributed by atoms with Crippen LogP contribution in [0, 0.1) is 0 Å². The maximum Gasteiger partial charge on any atom is 0.317 e. The molecule has 0 aromatic rings. The number of thioether (sulfide) groups is 1. The van der Waals surface area contributed by atoms with E-state index in [4.69, 9.17) is 5.11 Å². The molecule has 2 atom stereocenters. The van der Waals surface area contributed by atoms with Crippen molar-refractivity contribution < 1.29 is 14.7 Å². The van der Waals surface area contributed by atoms with Crippen molar-refractivity contribution in [3.63, 3.8) is 0 Å². The van der Waals surface area contributed by atoms with E-state index in [1.807, 2.05) is 20.1 Å². The van der Waals surface area contributed by atoms with Crippen molar-refractivity contribution in [3.8, 4) is 0 Å². The van der Waals surface area contributed by atoms with E-state index in [0.717, 1.165) is 5.75 Å². The highest BCUT2D eigenvalue weighted by atomic mass is 32.2. The van der Waals surface area contributed by atoms with E-state index in [9.17, 15) is 9.59 Å². The van der Waals surface area contributed by atoms with E-state index >= 15 is 0 Å². The van der Waals surface area contributed by atoms with Gasteiger partial charge in [0.2, 0.25) is 0 Å². The minimum absolute atomic E-state index is 0.0749. The van der Waals surface area contributed by atoms with E-state index in [0.29, 0.717) is 6.42 Å². The minimum atomic E-state index is -0.838. The Hall–Kier alpha value is -0.910. The van der Waals surface area contributed by atoms with Crippen LogP contribution in [0.2, 0.25) is 0 Å². The summed E-state index contributed by atoms with van der Waals surface area (Å²) in [6.07, 6.45) is 2.52. The van der Waals surface area contributed by atoms with Crippen molar-refractivity contribution in [1.82, 2.24) is 10.2 Å². The first-order chi connectivity index (χ1) is 7.88. The van der Waals surface area contributed by atoms with Crippen LogP contribution in [0.15, 0.2) is 0 Å². The number of urea groups is 1. The largest absolute Gasteiger partial charge is 0.481 e. The van der Waals surface area contributed by atoms with Crippen molar-refractivity contribution in [3.05, 3.63) is 0 Å². The molecule has 0 bridgehead atoms. The van der Waals surface area contributed by atoms with Gasteiger partial charge in [-0.05, 0) is 26.5 Å². The fourth-order valence-corrected chi connectivity index (χ4v) is 1.98. The summed E-state index contributed by atoms with van der Waals surface area (Å²) in [5.41, 5.74) is 0. The second-order valence-corrected chi connectivity index (χ2v) is 5.11. The molecule has 100 valence electrons. The van der Waals surface area contributed by atoms with Gasteiger partial charge in [0, 0.05) is 31.3 Å². The standard InChI is InChI=1S/C11H22N2O3S/c1-8(5-6-10(14)15)12-11(16)13(3)9(2)7-17-4/h8-9H,5-7H2,1-4H3,(H,12,16)(H,14,15). The van der Waals surface area contributed by atoms with Crippen LogP contribution in [0.3, 0.4) is 0 Å². The van der Waals surface area contributed by atoms with Gasteiger partial charge in [-0.1, -0.05) is 0 Å². The number of carbonyl (C=O) groups excluding carboxylic acids is 1. The molecule has 0 saturated heterocycles. The van der Waals surface area contributed by atoms with E-state index in [1.165, 1.54) is 0 Å². The minimum Gasteiger partial charge on any atom is -0.481 e. The molecule has 0 rings (SSSR count). The number of hydrogen-bond donors (Lipinski definition) is 2. The second-order valence-electron chi connectivity index (χ2n) is 4.20. The average Bonchev–Trinajstić information content (AvgIpc) is 2.25. The summed E-state index contributed by atoms with van der Waals surface area (Å²) in [6, 6.07) is -0.108. The zero-order valence-electron chi connectivity index (χ0n) is 10.9. The number of carbonyl (C=O) groups is 2. The molecule has 0 saturated carbocycles. The molecule has 0 aliphatic rings. The van der Waals surface area contributed by atoms with Gasteiger partial charge in [-0.2, -0.15) is 11.8 Å². The van der Waals surface area contributed by atoms with Crippen molar-refractivity contribution in [1.29, 1.82) is 0 Å². The van der Waals surface area contributed by atoms with Crippen molar-refractivity contribution in [2.45, 2.75) is 38.8 Å². The normalized spacial score (nSPS) is 13.9. The molecule has 0 aliphatic carbocycles. The number of amides is 2. The van der Waals surface area contributed by atoms with Gasteiger partial charge in [0.25, 0.3) is 0 Å². The Kier molecular flexibility index (Phi) is 7.78. The first kappa shape index (κ1) is 16.1. The molecular formula is C11H22N2O3S. The highest BCUT2D eigenvalue weighted by Gasteiger charge is 2.17. The Bertz CT molecular complexity index is 261. The molecule has 5 nitrogen and oxygen atoms in total. The fourth-order valence-electron chi connectivity index (χ4n) is 1.28. The van der Waals surface area contributed by atoms with Crippen molar-refractivity contribution in [2.75, 3.05) is 19.1 Å². The number of rotatable bonds is 7. The third kappa shape index (κ3) is 7.10. The lowest BCUT2D eigenvalue weighted by molar-refractivity contribution is -0.137. The molecule has 0 aromatic carbocycles. The van der Waals surface area contributed by atoms with Gasteiger partial charge < -0.3 is 15.3 Å². The highest BCUT2D eigenvalue weighted by Crippen LogP contribution is 2.05. The first-order valence-electron chi connectivity index (χ1n) is 5.62. The molecule has 2 amide bonds. The van der Waals surface area contributed by atoms with Crippen LogP contribution in [0.1, 0.15) is 26.7 Å². The lowest BCUT2D eigenvalue weighted by Crippen LogP contribution is -2.46. The number of aliphatic carboxylic acids is 1. The molecule has 2 unspecified atom stereocenters. The molecule has 17 heavy (non-hydrogen) atoms. The Labute approximate surface area is 107 Å². The summed E-state index contributed by atoms with van der Waals surface area (Å²) in [4.78, 5) is 23.8. The van der Waals surface area contributed by atoms with Crippen molar-refractivity contribution in [2.24, 2.45) is 0 Å². The smallest absolute Gasteiger partial charge is 0.317 e. The van der Waals surface area contributed by atoms with E-state index < -0.39 is 5.97 Å². The van der Waals surface area contributed by atoms with Gasteiger partial charge in [0.1, 0.15) is 0 Å². The van der Waals surface area contributed by atoms with Crippen LogP contribution >= 0.6 is 11.8 Å². The first-order valence-corrected chi connectivity index (χ1v) is 7.02. The van der Waals surface area contributed by atoms with Crippen LogP contribution in [-0.4, -0.2) is 53.1 Å². The van der Waals surface area contributed by atoms with Crippen LogP contribution in [0.5, 0.6) is 0 Å². The Morgan fingerprint density at radius 3 is 2.47 bits per heavy atom. The van der Waals surface area contributed by atoms with Gasteiger partial charge in [-0.3, -0.25) is 4.79 Å². The Balaban J connectivity index is 4.02. The van der Waals surface area contributed by atoms with Gasteiger partial charge in [0.05, 0.1) is 0 Å². The Morgan fingerprint density at radius 1 is 1.41 bits per heavy atom. The predicted molar refractivity (Wildman–Crippen MR) is 70.5 cm³/mol. The number of carboxylic acid groups (broad SMARTS) is 1. The topological polar surface area (TPSA) is 69.6 Å². The third-order valence-electron chi connectivity index (χ3n) is 2.55. The number of carboxylic acids is 1. The molecule has 0 heterocycles. The number of hydrogen-bond acceptors (Lipinski definition) is 3. The van der Waals surface area contributed by atoms with E-state index in [1.54, 1.807) is 23.7 Å². The molecule has 6 heteroatoms. The summed E-state index contributed by atoms with van der Waals surface area (Å²) in [7, 11) is 1.75. The predicted octanol–water partition coefficient (Wildman–Crippen LogP) is 1.63. The van der Waals surface area contributed by atoms with Crippen LogP contribution in [0.25, 0.3) is 0 Å². The van der Waals surface area contributed by atoms with E-state index in [2.05, 4.69) is 5.32 Å². The summed E-state index contributed by atoms with van der Waals surface area (Å²) < 4.78 is 0. The van der Waals surface area contributed by atoms with Gasteiger partial charge in [-0.15, -0.1) is 0 Å². The maximum atomic E-state index is 11.8. The summed E-state index contributed by atoms with van der Waals surface area (Å²) in [5, 5.41) is 11.3. The molecule has 0 spiro atoms. The van der Waals surface area contributed by atoms with Crippen molar-refractivity contribution >= 4 is 23.8 Å². The summed E-state index contributed by atoms with van der Waals surface area (Å²) >= 11 is 1.69. The average molecular weight is 262 g/mol. The lowest BCUT2D eigenvalue weighted by Gasteiger charge is -2.26. The lowest BCUT2D eigenvalue weighted by atomic mass is 10.2. The molecule has 0 fully saturated rings. The SMILES string of the molecule is CSCC(C)N(C)C(=O)NC(C)CCC(=O)O. The second kappa shape index (κ2) is 8.22. The molecule has 2 N–H and O–H groups in total. The number of nitrogens with one attached hydrogen (secondary N) is 1. The summed E-state index contributed by atoms with van der Waals surface area (Å²) in [5.74, 6) is 0.0446.